The number of anilines is 1. The molecule has 0 saturated heterocycles. The minimum atomic E-state index is -1.07. The Morgan fingerprint density at radius 3 is 2.81 bits per heavy atom. The molecule has 1 rings (SSSR count). The summed E-state index contributed by atoms with van der Waals surface area (Å²) >= 11 is 0. The predicted octanol–water partition coefficient (Wildman–Crippen LogP) is 2.41. The molecular formula is C15H20N2O4. The second-order valence-electron chi connectivity index (χ2n) is 4.37. The van der Waals surface area contributed by atoms with Crippen molar-refractivity contribution in [1.29, 1.82) is 0 Å². The molecule has 0 aliphatic heterocycles. The number of benzene rings is 1. The Morgan fingerprint density at radius 2 is 2.14 bits per heavy atom. The van der Waals surface area contributed by atoms with Gasteiger partial charge in [-0.2, -0.15) is 0 Å². The van der Waals surface area contributed by atoms with Crippen molar-refractivity contribution in [3.8, 4) is 0 Å². The lowest BCUT2D eigenvalue weighted by Crippen LogP contribution is -2.32. The van der Waals surface area contributed by atoms with Crippen LogP contribution < -0.4 is 10.6 Å². The lowest BCUT2D eigenvalue weighted by Gasteiger charge is -2.11. The number of hydrogen-bond donors (Lipinski definition) is 3. The van der Waals surface area contributed by atoms with Gasteiger partial charge in [0.1, 0.15) is 0 Å². The molecule has 0 bridgehead atoms. The van der Waals surface area contributed by atoms with E-state index in [2.05, 4.69) is 17.2 Å². The van der Waals surface area contributed by atoms with Gasteiger partial charge in [-0.25, -0.2) is 9.59 Å². The highest BCUT2D eigenvalue weighted by molar-refractivity contribution is 6.01. The smallest absolute Gasteiger partial charge is 0.338 e. The van der Waals surface area contributed by atoms with E-state index in [0.29, 0.717) is 25.3 Å². The molecule has 0 fully saturated rings. The van der Waals surface area contributed by atoms with E-state index in [1.165, 1.54) is 0 Å². The molecule has 6 nitrogen and oxygen atoms in total. The van der Waals surface area contributed by atoms with Gasteiger partial charge in [0.15, 0.2) is 0 Å². The Balaban J connectivity index is 2.46. The third kappa shape index (κ3) is 5.66. The third-order valence-corrected chi connectivity index (χ3v) is 2.73. The standard InChI is InChI=1S/C15H20N2O4/c1-3-4-9-21-10-8-16-15(20)17-12-7-5-6-11(2)13(12)14(18)19/h3,5-7H,1,4,8-10H2,2H3,(H,18,19)(H2,16,17,20). The van der Waals surface area contributed by atoms with Crippen LogP contribution in [0.2, 0.25) is 0 Å². The van der Waals surface area contributed by atoms with Crippen LogP contribution in [0.4, 0.5) is 10.5 Å². The second-order valence-corrected chi connectivity index (χ2v) is 4.37. The molecule has 2 amide bonds. The summed E-state index contributed by atoms with van der Waals surface area (Å²) in [6.07, 6.45) is 2.52. The van der Waals surface area contributed by atoms with E-state index < -0.39 is 12.0 Å². The highest BCUT2D eigenvalue weighted by Crippen LogP contribution is 2.19. The second kappa shape index (κ2) is 8.76. The zero-order chi connectivity index (χ0) is 15.7. The van der Waals surface area contributed by atoms with Crippen LogP contribution in [0, 0.1) is 6.92 Å². The topological polar surface area (TPSA) is 87.7 Å². The number of nitrogens with one attached hydrogen (secondary N) is 2. The zero-order valence-electron chi connectivity index (χ0n) is 12.0. The number of carbonyl (C=O) groups is 2. The first kappa shape index (κ1) is 16.7. The Morgan fingerprint density at radius 1 is 1.38 bits per heavy atom. The highest BCUT2D eigenvalue weighted by atomic mass is 16.5. The van der Waals surface area contributed by atoms with Crippen LogP contribution in [-0.2, 0) is 4.74 Å². The van der Waals surface area contributed by atoms with Crippen molar-refractivity contribution in [3.63, 3.8) is 0 Å². The molecule has 0 aliphatic rings. The maximum atomic E-state index is 11.7. The molecule has 6 heteroatoms. The summed E-state index contributed by atoms with van der Waals surface area (Å²) in [5.74, 6) is -1.07. The van der Waals surface area contributed by atoms with Crippen molar-refractivity contribution in [2.75, 3.05) is 25.1 Å². The summed E-state index contributed by atoms with van der Waals surface area (Å²) in [4.78, 5) is 22.9. The maximum Gasteiger partial charge on any atom is 0.338 e. The number of carbonyl (C=O) groups excluding carboxylic acids is 1. The number of carboxylic acid groups (broad SMARTS) is 1. The third-order valence-electron chi connectivity index (χ3n) is 2.73. The Labute approximate surface area is 123 Å². The average Bonchev–Trinajstić information content (AvgIpc) is 2.42. The summed E-state index contributed by atoms with van der Waals surface area (Å²) in [7, 11) is 0. The lowest BCUT2D eigenvalue weighted by molar-refractivity contribution is 0.0697. The number of rotatable bonds is 8. The molecule has 1 aromatic carbocycles. The molecule has 0 heterocycles. The molecule has 0 spiro atoms. The van der Waals surface area contributed by atoms with Gasteiger partial charge in [0.05, 0.1) is 24.5 Å². The quantitative estimate of drug-likeness (QED) is 0.507. The number of hydrogen-bond acceptors (Lipinski definition) is 3. The van der Waals surface area contributed by atoms with E-state index >= 15 is 0 Å². The molecule has 0 aliphatic carbocycles. The summed E-state index contributed by atoms with van der Waals surface area (Å²) in [5.41, 5.74) is 0.954. The van der Waals surface area contributed by atoms with Crippen LogP contribution >= 0.6 is 0 Å². The highest BCUT2D eigenvalue weighted by Gasteiger charge is 2.14. The average molecular weight is 292 g/mol. The normalized spacial score (nSPS) is 9.95. The lowest BCUT2D eigenvalue weighted by atomic mass is 10.1. The number of carboxylic acids is 1. The van der Waals surface area contributed by atoms with Gasteiger partial charge in [0.2, 0.25) is 0 Å². The summed E-state index contributed by atoms with van der Waals surface area (Å²) in [5, 5.41) is 14.3. The van der Waals surface area contributed by atoms with Gasteiger partial charge in [-0.05, 0) is 25.0 Å². The Hall–Kier alpha value is -2.34. The Kier molecular flexibility index (Phi) is 6.97. The molecule has 3 N–H and O–H groups in total. The molecule has 21 heavy (non-hydrogen) atoms. The maximum absolute atomic E-state index is 11.7. The van der Waals surface area contributed by atoms with Gasteiger partial charge in [-0.15, -0.1) is 6.58 Å². The van der Waals surface area contributed by atoms with E-state index in [4.69, 9.17) is 9.84 Å². The fourth-order valence-electron chi connectivity index (χ4n) is 1.73. The van der Waals surface area contributed by atoms with Gasteiger partial charge >= 0.3 is 12.0 Å². The largest absolute Gasteiger partial charge is 0.478 e. The first-order valence-electron chi connectivity index (χ1n) is 6.62. The van der Waals surface area contributed by atoms with Gasteiger partial charge < -0.3 is 20.5 Å². The molecule has 0 unspecified atom stereocenters. The molecule has 0 radical (unpaired) electrons. The van der Waals surface area contributed by atoms with Crippen molar-refractivity contribution in [2.24, 2.45) is 0 Å². The van der Waals surface area contributed by atoms with Crippen LogP contribution in [0.25, 0.3) is 0 Å². The number of amides is 2. The van der Waals surface area contributed by atoms with Crippen molar-refractivity contribution in [1.82, 2.24) is 5.32 Å². The van der Waals surface area contributed by atoms with Gasteiger partial charge in [0.25, 0.3) is 0 Å². The van der Waals surface area contributed by atoms with Crippen molar-refractivity contribution >= 4 is 17.7 Å². The molecule has 0 aromatic heterocycles. The SMILES string of the molecule is C=CCCOCCNC(=O)Nc1cccc(C)c1C(=O)O. The summed E-state index contributed by atoms with van der Waals surface area (Å²) in [6, 6.07) is 4.46. The predicted molar refractivity (Wildman–Crippen MR) is 80.8 cm³/mol. The van der Waals surface area contributed by atoms with Crippen molar-refractivity contribution in [3.05, 3.63) is 42.0 Å². The zero-order valence-corrected chi connectivity index (χ0v) is 12.0. The van der Waals surface area contributed by atoms with E-state index in [0.717, 1.165) is 6.42 Å². The Bertz CT molecular complexity index is 514. The number of urea groups is 1. The van der Waals surface area contributed by atoms with E-state index in [1.54, 1.807) is 31.2 Å². The van der Waals surface area contributed by atoms with Gasteiger partial charge in [-0.3, -0.25) is 0 Å². The first-order valence-corrected chi connectivity index (χ1v) is 6.62. The van der Waals surface area contributed by atoms with E-state index in [1.807, 2.05) is 0 Å². The fourth-order valence-corrected chi connectivity index (χ4v) is 1.73. The van der Waals surface area contributed by atoms with Crippen LogP contribution in [0.1, 0.15) is 22.3 Å². The fraction of sp³-hybridized carbons (Fsp3) is 0.333. The van der Waals surface area contributed by atoms with Crippen molar-refractivity contribution in [2.45, 2.75) is 13.3 Å². The summed E-state index contributed by atoms with van der Waals surface area (Å²) in [6.45, 7) is 6.55. The molecule has 114 valence electrons. The molecule has 0 atom stereocenters. The van der Waals surface area contributed by atoms with Gasteiger partial charge in [-0.1, -0.05) is 18.2 Å². The number of ether oxygens (including phenoxy) is 1. The van der Waals surface area contributed by atoms with E-state index in [9.17, 15) is 9.59 Å². The van der Waals surface area contributed by atoms with E-state index in [-0.39, 0.29) is 11.3 Å². The van der Waals surface area contributed by atoms with Gasteiger partial charge in [0, 0.05) is 6.54 Å². The number of aryl methyl sites for hydroxylation is 1. The molecule has 1 aromatic rings. The van der Waals surface area contributed by atoms with Crippen LogP contribution in [0.3, 0.4) is 0 Å². The molecular weight excluding hydrogens is 272 g/mol. The first-order chi connectivity index (χ1) is 10.1. The van der Waals surface area contributed by atoms with Crippen LogP contribution in [0.5, 0.6) is 0 Å². The molecule has 0 saturated carbocycles. The van der Waals surface area contributed by atoms with Crippen LogP contribution in [0.15, 0.2) is 30.9 Å². The minimum Gasteiger partial charge on any atom is -0.478 e. The monoisotopic (exact) mass is 292 g/mol. The van der Waals surface area contributed by atoms with Crippen molar-refractivity contribution < 1.29 is 19.4 Å². The van der Waals surface area contributed by atoms with Crippen LogP contribution in [-0.4, -0.2) is 36.9 Å². The number of aromatic carboxylic acids is 1. The summed E-state index contributed by atoms with van der Waals surface area (Å²) < 4.78 is 5.25. The minimum absolute atomic E-state index is 0.0925.